The molecule has 0 aliphatic heterocycles. The number of rotatable bonds is 14. The molecule has 0 aliphatic rings. The molecule has 0 atom stereocenters. The van der Waals surface area contributed by atoms with Crippen LogP contribution in [0.3, 0.4) is 0 Å². The van der Waals surface area contributed by atoms with Gasteiger partial charge in [0.25, 0.3) is 10.1 Å². The molecule has 0 saturated heterocycles. The largest absolute Gasteiger partial charge is 0.504 e. The van der Waals surface area contributed by atoms with Gasteiger partial charge in [0.1, 0.15) is 5.75 Å². The summed E-state index contributed by atoms with van der Waals surface area (Å²) >= 11 is 0. The van der Waals surface area contributed by atoms with Gasteiger partial charge in [-0.2, -0.15) is 8.42 Å². The predicted molar refractivity (Wildman–Crippen MR) is 120 cm³/mol. The maximum atomic E-state index is 11.3. The van der Waals surface area contributed by atoms with E-state index in [-0.39, 0.29) is 16.4 Å². The van der Waals surface area contributed by atoms with Crippen LogP contribution < -0.4 is 4.74 Å². The van der Waals surface area contributed by atoms with E-state index >= 15 is 0 Å². The zero-order valence-electron chi connectivity index (χ0n) is 17.8. The first kappa shape index (κ1) is 24.2. The highest BCUT2D eigenvalue weighted by molar-refractivity contribution is 7.85. The smallest absolute Gasteiger partial charge is 0.294 e. The third-order valence-corrected chi connectivity index (χ3v) is 6.05. The summed E-state index contributed by atoms with van der Waals surface area (Å²) in [7, 11) is -4.31. The maximum Gasteiger partial charge on any atom is 0.294 e. The van der Waals surface area contributed by atoms with Gasteiger partial charge >= 0.3 is 0 Å². The molecule has 0 unspecified atom stereocenters. The van der Waals surface area contributed by atoms with E-state index in [1.54, 1.807) is 18.2 Å². The molecule has 0 bridgehead atoms. The Morgan fingerprint density at radius 2 is 1.43 bits per heavy atom. The number of aromatic hydroxyl groups is 1. The van der Waals surface area contributed by atoms with Crippen LogP contribution in [0.15, 0.2) is 47.4 Å². The fourth-order valence-electron chi connectivity index (χ4n) is 3.50. The molecule has 166 valence electrons. The quantitative estimate of drug-likeness (QED) is 0.250. The lowest BCUT2D eigenvalue weighted by Gasteiger charge is -2.13. The van der Waals surface area contributed by atoms with Crippen molar-refractivity contribution in [3.05, 3.63) is 48.0 Å². The summed E-state index contributed by atoms with van der Waals surface area (Å²) in [5.74, 6) is 0.591. The molecule has 0 aliphatic carbocycles. The fraction of sp³-hybridized carbons (Fsp3) is 0.500. The van der Waals surface area contributed by atoms with Crippen molar-refractivity contribution in [1.82, 2.24) is 0 Å². The number of phenolic OH excluding ortho intramolecular Hbond substituents is 1. The molecule has 2 N–H and O–H groups in total. The number of hydrogen-bond acceptors (Lipinski definition) is 4. The second-order valence-corrected chi connectivity index (χ2v) is 9.17. The second-order valence-electron chi connectivity index (χ2n) is 7.75. The van der Waals surface area contributed by atoms with E-state index in [4.69, 9.17) is 4.74 Å². The monoisotopic (exact) mass is 434 g/mol. The Hall–Kier alpha value is -2.05. The molecule has 30 heavy (non-hydrogen) atoms. The highest BCUT2D eigenvalue weighted by Gasteiger charge is 2.14. The highest BCUT2D eigenvalue weighted by Crippen LogP contribution is 2.35. The van der Waals surface area contributed by atoms with Gasteiger partial charge in [-0.05, 0) is 36.6 Å². The number of para-hydroxylation sites is 1. The van der Waals surface area contributed by atoms with E-state index in [2.05, 4.69) is 6.92 Å². The standard InChI is InChI=1S/C24H34O5S/c1-2-3-4-5-6-7-8-9-10-11-14-20-15-12-18-23(25)24(20)29-21-16-13-17-22(19-21)30(26,27)28/h12-13,15-19,25H,2-11,14H2,1H3,(H,26,27,28). The van der Waals surface area contributed by atoms with E-state index in [1.165, 1.54) is 69.6 Å². The van der Waals surface area contributed by atoms with Crippen LogP contribution in [-0.2, 0) is 16.5 Å². The van der Waals surface area contributed by atoms with Crippen molar-refractivity contribution in [2.45, 2.75) is 82.4 Å². The maximum absolute atomic E-state index is 11.3. The van der Waals surface area contributed by atoms with Gasteiger partial charge in [-0.3, -0.25) is 4.55 Å². The van der Waals surface area contributed by atoms with E-state index in [0.29, 0.717) is 5.75 Å². The van der Waals surface area contributed by atoms with Crippen molar-refractivity contribution in [2.24, 2.45) is 0 Å². The van der Waals surface area contributed by atoms with Gasteiger partial charge in [0.15, 0.2) is 11.5 Å². The number of unbranched alkanes of at least 4 members (excludes halogenated alkanes) is 9. The van der Waals surface area contributed by atoms with Crippen molar-refractivity contribution in [3.8, 4) is 17.2 Å². The fourth-order valence-corrected chi connectivity index (χ4v) is 4.02. The molecule has 5 nitrogen and oxygen atoms in total. The first-order chi connectivity index (χ1) is 14.4. The van der Waals surface area contributed by atoms with Crippen molar-refractivity contribution in [3.63, 3.8) is 0 Å². The molecule has 0 spiro atoms. The van der Waals surface area contributed by atoms with Gasteiger partial charge in [0.2, 0.25) is 0 Å². The summed E-state index contributed by atoms with van der Waals surface area (Å²) in [6.07, 6.45) is 13.3. The molecule has 0 aromatic heterocycles. The molecule has 0 fully saturated rings. The Bertz CT molecular complexity index is 877. The minimum atomic E-state index is -4.31. The molecule has 0 amide bonds. The average molecular weight is 435 g/mol. The number of ether oxygens (including phenoxy) is 1. The van der Waals surface area contributed by atoms with Crippen molar-refractivity contribution >= 4 is 10.1 Å². The lowest BCUT2D eigenvalue weighted by Crippen LogP contribution is -1.99. The van der Waals surface area contributed by atoms with Gasteiger partial charge in [-0.25, -0.2) is 0 Å². The molecule has 6 heteroatoms. The van der Waals surface area contributed by atoms with Crippen molar-refractivity contribution < 1.29 is 22.8 Å². The zero-order valence-corrected chi connectivity index (χ0v) is 18.7. The van der Waals surface area contributed by atoms with Crippen molar-refractivity contribution in [2.75, 3.05) is 0 Å². The van der Waals surface area contributed by atoms with E-state index in [0.717, 1.165) is 24.8 Å². The van der Waals surface area contributed by atoms with Gasteiger partial charge in [0.05, 0.1) is 4.90 Å². The number of phenols is 1. The molecule has 0 radical (unpaired) electrons. The second kappa shape index (κ2) is 12.6. The Morgan fingerprint density at radius 1 is 0.833 bits per heavy atom. The molecular weight excluding hydrogens is 400 g/mol. The lowest BCUT2D eigenvalue weighted by molar-refractivity contribution is 0.405. The van der Waals surface area contributed by atoms with Gasteiger partial charge in [0, 0.05) is 6.07 Å². The Balaban J connectivity index is 1.85. The van der Waals surface area contributed by atoms with Gasteiger partial charge in [-0.1, -0.05) is 82.9 Å². The molecular formula is C24H34O5S. The summed E-state index contributed by atoms with van der Waals surface area (Å²) in [5, 5.41) is 10.3. The summed E-state index contributed by atoms with van der Waals surface area (Å²) in [6, 6.07) is 10.8. The summed E-state index contributed by atoms with van der Waals surface area (Å²) in [6.45, 7) is 2.24. The van der Waals surface area contributed by atoms with Gasteiger partial charge < -0.3 is 9.84 Å². The van der Waals surface area contributed by atoms with Crippen LogP contribution in [0.25, 0.3) is 0 Å². The van der Waals surface area contributed by atoms with Crippen LogP contribution in [0.5, 0.6) is 17.2 Å². The van der Waals surface area contributed by atoms with Crippen LogP contribution in [0.1, 0.15) is 76.7 Å². The van der Waals surface area contributed by atoms with E-state index < -0.39 is 10.1 Å². The first-order valence-electron chi connectivity index (χ1n) is 11.0. The third kappa shape index (κ3) is 8.36. The zero-order chi connectivity index (χ0) is 21.8. The SMILES string of the molecule is CCCCCCCCCCCCc1cccc(O)c1Oc1cccc(S(=O)(=O)O)c1. The van der Waals surface area contributed by atoms with Crippen molar-refractivity contribution in [1.29, 1.82) is 0 Å². The number of benzene rings is 2. The van der Waals surface area contributed by atoms with Crippen LogP contribution in [-0.4, -0.2) is 18.1 Å². The molecule has 2 aromatic carbocycles. The topological polar surface area (TPSA) is 83.8 Å². The minimum Gasteiger partial charge on any atom is -0.504 e. The minimum absolute atomic E-state index is 0.0110. The average Bonchev–Trinajstić information content (AvgIpc) is 2.71. The number of hydrogen-bond donors (Lipinski definition) is 2. The normalized spacial score (nSPS) is 11.5. The van der Waals surface area contributed by atoms with Crippen LogP contribution in [0.4, 0.5) is 0 Å². The van der Waals surface area contributed by atoms with Gasteiger partial charge in [-0.15, -0.1) is 0 Å². The summed E-state index contributed by atoms with van der Waals surface area (Å²) in [5.41, 5.74) is 0.881. The molecule has 2 aromatic rings. The molecule has 0 saturated carbocycles. The third-order valence-electron chi connectivity index (χ3n) is 5.20. The lowest BCUT2D eigenvalue weighted by atomic mass is 10.0. The van der Waals surface area contributed by atoms with E-state index in [1.807, 2.05) is 6.07 Å². The summed E-state index contributed by atoms with van der Waals surface area (Å²) < 4.78 is 37.7. The molecule has 2 rings (SSSR count). The summed E-state index contributed by atoms with van der Waals surface area (Å²) in [4.78, 5) is -0.244. The Morgan fingerprint density at radius 3 is 2.07 bits per heavy atom. The predicted octanol–water partition coefficient (Wildman–Crippen LogP) is 6.89. The Kier molecular flexibility index (Phi) is 10.2. The molecule has 0 heterocycles. The van der Waals surface area contributed by atoms with Crippen LogP contribution in [0.2, 0.25) is 0 Å². The van der Waals surface area contributed by atoms with Crippen LogP contribution >= 0.6 is 0 Å². The Labute approximate surface area is 180 Å². The highest BCUT2D eigenvalue weighted by atomic mass is 32.2. The van der Waals surface area contributed by atoms with Crippen LogP contribution in [0, 0.1) is 0 Å². The van der Waals surface area contributed by atoms with E-state index in [9.17, 15) is 18.1 Å². The number of aryl methyl sites for hydroxylation is 1. The first-order valence-corrected chi connectivity index (χ1v) is 12.4.